The Bertz CT molecular complexity index is 982. The second-order valence-corrected chi connectivity index (χ2v) is 7.54. The van der Waals surface area contributed by atoms with Crippen LogP contribution >= 0.6 is 11.3 Å². The van der Waals surface area contributed by atoms with E-state index in [0.29, 0.717) is 11.3 Å². The molecule has 146 valence electrons. The number of hydrogen-bond acceptors (Lipinski definition) is 6. The predicted molar refractivity (Wildman–Crippen MR) is 109 cm³/mol. The number of benzene rings is 2. The van der Waals surface area contributed by atoms with Gasteiger partial charge in [0.1, 0.15) is 16.3 Å². The third-order valence-corrected chi connectivity index (χ3v) is 5.75. The summed E-state index contributed by atoms with van der Waals surface area (Å²) in [5.74, 6) is -0.471. The molecule has 0 aliphatic rings. The number of fused-ring (bicyclic) bond motifs is 1. The highest BCUT2D eigenvalue weighted by atomic mass is 32.1. The molecule has 0 saturated heterocycles. The number of nitrogens with zero attached hydrogens (tertiary/aromatic N) is 2. The van der Waals surface area contributed by atoms with Crippen molar-refractivity contribution >= 4 is 33.4 Å². The van der Waals surface area contributed by atoms with E-state index >= 15 is 0 Å². The first-order valence-electron chi connectivity index (χ1n) is 8.83. The van der Waals surface area contributed by atoms with Gasteiger partial charge in [0.15, 0.2) is 6.61 Å². The van der Waals surface area contributed by atoms with Crippen LogP contribution in [-0.2, 0) is 9.53 Å². The number of para-hydroxylation sites is 1. The van der Waals surface area contributed by atoms with Crippen LogP contribution in [0.5, 0.6) is 5.75 Å². The van der Waals surface area contributed by atoms with Gasteiger partial charge in [-0.15, -0.1) is 11.3 Å². The predicted octanol–water partition coefficient (Wildman–Crippen LogP) is 3.99. The molecule has 6 nitrogen and oxygen atoms in total. The number of carbonyl (C=O) groups excluding carboxylic acids is 2. The molecular formula is C21H22N2O4S. The Morgan fingerprint density at radius 3 is 2.68 bits per heavy atom. The second-order valence-electron chi connectivity index (χ2n) is 6.48. The van der Waals surface area contributed by atoms with Crippen LogP contribution in [0.1, 0.15) is 33.9 Å². The van der Waals surface area contributed by atoms with Crippen LogP contribution in [-0.4, -0.2) is 42.5 Å². The average Bonchev–Trinajstić information content (AvgIpc) is 3.14. The van der Waals surface area contributed by atoms with Gasteiger partial charge in [0, 0.05) is 7.05 Å². The molecule has 0 fully saturated rings. The summed E-state index contributed by atoms with van der Waals surface area (Å²) in [6, 6.07) is 12.8. The molecule has 0 bridgehead atoms. The molecule has 0 unspecified atom stereocenters. The van der Waals surface area contributed by atoms with Crippen molar-refractivity contribution < 1.29 is 19.1 Å². The smallest absolute Gasteiger partial charge is 0.342 e. The average molecular weight is 398 g/mol. The summed E-state index contributed by atoms with van der Waals surface area (Å²) in [4.78, 5) is 31.0. The number of esters is 1. The van der Waals surface area contributed by atoms with Crippen LogP contribution < -0.4 is 4.74 Å². The van der Waals surface area contributed by atoms with Gasteiger partial charge in [-0.05, 0) is 38.1 Å². The van der Waals surface area contributed by atoms with Gasteiger partial charge in [-0.2, -0.15) is 0 Å². The zero-order chi connectivity index (χ0) is 20.3. The summed E-state index contributed by atoms with van der Waals surface area (Å²) in [6.45, 7) is 3.43. The molecule has 7 heteroatoms. The van der Waals surface area contributed by atoms with E-state index in [1.165, 1.54) is 7.11 Å². The Balaban J connectivity index is 1.65. The SMILES string of the molecule is COc1ccc(C)cc1C(=O)OCC(=O)N(C)[C@H](C)c1nc2ccccc2s1. The van der Waals surface area contributed by atoms with Crippen LogP contribution in [0.4, 0.5) is 0 Å². The third-order valence-electron chi connectivity index (χ3n) is 4.54. The Hall–Kier alpha value is -2.93. The van der Waals surface area contributed by atoms with Crippen molar-refractivity contribution in [3.8, 4) is 5.75 Å². The summed E-state index contributed by atoms with van der Waals surface area (Å²) in [6.07, 6.45) is 0. The molecule has 1 amide bonds. The first kappa shape index (κ1) is 19.8. The van der Waals surface area contributed by atoms with Gasteiger partial charge in [0.05, 0.1) is 23.4 Å². The van der Waals surface area contributed by atoms with Crippen LogP contribution in [0, 0.1) is 6.92 Å². The molecule has 3 rings (SSSR count). The fourth-order valence-corrected chi connectivity index (χ4v) is 3.80. The number of likely N-dealkylation sites (N-methyl/N-ethyl adjacent to an activating group) is 1. The van der Waals surface area contributed by atoms with Crippen molar-refractivity contribution in [1.82, 2.24) is 9.88 Å². The van der Waals surface area contributed by atoms with Crippen LogP contribution in [0.25, 0.3) is 10.2 Å². The molecule has 0 spiro atoms. The Morgan fingerprint density at radius 1 is 1.21 bits per heavy atom. The highest BCUT2D eigenvalue weighted by Gasteiger charge is 2.23. The van der Waals surface area contributed by atoms with E-state index in [9.17, 15) is 9.59 Å². The molecule has 28 heavy (non-hydrogen) atoms. The molecule has 2 aromatic carbocycles. The van der Waals surface area contributed by atoms with Crippen molar-refractivity contribution in [3.63, 3.8) is 0 Å². The maximum absolute atomic E-state index is 12.5. The largest absolute Gasteiger partial charge is 0.496 e. The number of hydrogen-bond donors (Lipinski definition) is 0. The maximum Gasteiger partial charge on any atom is 0.342 e. The Morgan fingerprint density at radius 2 is 1.96 bits per heavy atom. The van der Waals surface area contributed by atoms with Gasteiger partial charge in [-0.25, -0.2) is 9.78 Å². The van der Waals surface area contributed by atoms with Gasteiger partial charge in [-0.3, -0.25) is 4.79 Å². The zero-order valence-electron chi connectivity index (χ0n) is 16.3. The number of rotatable bonds is 6. The molecule has 1 aromatic heterocycles. The monoisotopic (exact) mass is 398 g/mol. The van der Waals surface area contributed by atoms with Gasteiger partial charge in [0.2, 0.25) is 0 Å². The number of thiazole rings is 1. The maximum atomic E-state index is 12.5. The van der Waals surface area contributed by atoms with Crippen molar-refractivity contribution in [1.29, 1.82) is 0 Å². The lowest BCUT2D eigenvalue weighted by molar-refractivity contribution is -0.135. The van der Waals surface area contributed by atoms with E-state index < -0.39 is 5.97 Å². The van der Waals surface area contributed by atoms with E-state index in [4.69, 9.17) is 9.47 Å². The zero-order valence-corrected chi connectivity index (χ0v) is 17.1. The number of amides is 1. The van der Waals surface area contributed by atoms with Crippen molar-refractivity contribution in [2.75, 3.05) is 20.8 Å². The normalized spacial score (nSPS) is 11.9. The first-order chi connectivity index (χ1) is 13.4. The molecule has 1 heterocycles. The van der Waals surface area contributed by atoms with Crippen LogP contribution in [0.2, 0.25) is 0 Å². The van der Waals surface area contributed by atoms with E-state index in [2.05, 4.69) is 4.98 Å². The molecule has 0 radical (unpaired) electrons. The fourth-order valence-electron chi connectivity index (χ4n) is 2.74. The summed E-state index contributed by atoms with van der Waals surface area (Å²) in [5.41, 5.74) is 2.12. The van der Waals surface area contributed by atoms with Gasteiger partial charge in [-0.1, -0.05) is 23.8 Å². The van der Waals surface area contributed by atoms with E-state index in [1.807, 2.05) is 44.2 Å². The molecule has 1 atom stereocenters. The van der Waals surface area contributed by atoms with E-state index in [0.717, 1.165) is 20.8 Å². The molecule has 0 N–H and O–H groups in total. The molecule has 3 aromatic rings. The molecule has 0 aliphatic heterocycles. The minimum Gasteiger partial charge on any atom is -0.496 e. The van der Waals surface area contributed by atoms with E-state index in [-0.39, 0.29) is 18.6 Å². The van der Waals surface area contributed by atoms with Crippen LogP contribution in [0.3, 0.4) is 0 Å². The number of ether oxygens (including phenoxy) is 2. The topological polar surface area (TPSA) is 68.7 Å². The molecule has 0 saturated carbocycles. The number of aromatic nitrogens is 1. The van der Waals surface area contributed by atoms with Gasteiger partial charge < -0.3 is 14.4 Å². The standard InChI is InChI=1S/C21H22N2O4S/c1-13-9-10-17(26-4)15(11-13)21(25)27-12-19(24)23(3)14(2)20-22-16-7-5-6-8-18(16)28-20/h5-11,14H,12H2,1-4H3/t14-/m1/s1. The minimum absolute atomic E-state index is 0.225. The van der Waals surface area contributed by atoms with Crippen molar-refractivity contribution in [2.24, 2.45) is 0 Å². The summed E-state index contributed by atoms with van der Waals surface area (Å²) in [7, 11) is 3.17. The lowest BCUT2D eigenvalue weighted by Gasteiger charge is -2.23. The van der Waals surface area contributed by atoms with Crippen molar-refractivity contribution in [3.05, 3.63) is 58.6 Å². The number of methoxy groups -OCH3 is 1. The molecule has 0 aliphatic carbocycles. The van der Waals surface area contributed by atoms with Gasteiger partial charge >= 0.3 is 5.97 Å². The van der Waals surface area contributed by atoms with Crippen LogP contribution in [0.15, 0.2) is 42.5 Å². The number of aryl methyl sites for hydroxylation is 1. The molecular weight excluding hydrogens is 376 g/mol. The summed E-state index contributed by atoms with van der Waals surface area (Å²) >= 11 is 1.55. The quantitative estimate of drug-likeness (QED) is 0.587. The minimum atomic E-state index is -0.588. The summed E-state index contributed by atoms with van der Waals surface area (Å²) in [5, 5.41) is 0.837. The third kappa shape index (κ3) is 4.14. The lowest BCUT2D eigenvalue weighted by atomic mass is 10.1. The Labute approximate surface area is 167 Å². The van der Waals surface area contributed by atoms with Crippen molar-refractivity contribution in [2.45, 2.75) is 19.9 Å². The second kappa shape index (κ2) is 8.39. The first-order valence-corrected chi connectivity index (χ1v) is 9.65. The van der Waals surface area contributed by atoms with Gasteiger partial charge in [0.25, 0.3) is 5.91 Å². The highest BCUT2D eigenvalue weighted by Crippen LogP contribution is 2.29. The fraction of sp³-hybridized carbons (Fsp3) is 0.286. The number of carbonyl (C=O) groups is 2. The highest BCUT2D eigenvalue weighted by molar-refractivity contribution is 7.18. The van der Waals surface area contributed by atoms with E-state index in [1.54, 1.807) is 35.4 Å². The lowest BCUT2D eigenvalue weighted by Crippen LogP contribution is -2.33. The summed E-state index contributed by atoms with van der Waals surface area (Å²) < 4.78 is 11.5. The Kier molecular flexibility index (Phi) is 5.94.